The van der Waals surface area contributed by atoms with E-state index in [-0.39, 0.29) is 11.3 Å². The van der Waals surface area contributed by atoms with E-state index in [0.29, 0.717) is 21.8 Å². The monoisotopic (exact) mass is 322 g/mol. The van der Waals surface area contributed by atoms with Crippen LogP contribution in [0.15, 0.2) is 59.4 Å². The Labute approximate surface area is 137 Å². The van der Waals surface area contributed by atoms with Gasteiger partial charge in [-0.2, -0.15) is 5.26 Å². The molecule has 3 rings (SSSR count). The molecular formula is C18H11ClN2O2. The van der Waals surface area contributed by atoms with Crippen molar-refractivity contribution in [3.8, 4) is 34.2 Å². The number of benzene rings is 2. The van der Waals surface area contributed by atoms with Crippen LogP contribution in [0, 0.1) is 11.3 Å². The number of H-pyrrole nitrogens is 1. The first kappa shape index (κ1) is 14.9. The van der Waals surface area contributed by atoms with Crippen molar-refractivity contribution in [3.63, 3.8) is 0 Å². The van der Waals surface area contributed by atoms with Gasteiger partial charge in [-0.3, -0.25) is 4.79 Å². The van der Waals surface area contributed by atoms with Crippen LogP contribution >= 0.6 is 11.6 Å². The van der Waals surface area contributed by atoms with Crippen LogP contribution in [0.4, 0.5) is 0 Å². The smallest absolute Gasteiger partial charge is 0.266 e. The standard InChI is InChI=1S/C18H11ClN2O2/c19-12-6-7-17(22)14(8-12)16-9-13(11-4-2-1-3-5-11)15(10-20)18(23)21-16/h1-9,22H,(H,21,23). The lowest BCUT2D eigenvalue weighted by atomic mass is 9.99. The molecule has 0 radical (unpaired) electrons. The van der Waals surface area contributed by atoms with Gasteiger partial charge in [0.2, 0.25) is 0 Å². The number of nitriles is 1. The molecule has 0 unspecified atom stereocenters. The van der Waals surface area contributed by atoms with Crippen molar-refractivity contribution in [1.82, 2.24) is 4.98 Å². The van der Waals surface area contributed by atoms with Gasteiger partial charge in [-0.15, -0.1) is 0 Å². The molecule has 23 heavy (non-hydrogen) atoms. The number of phenols is 1. The van der Waals surface area contributed by atoms with Gasteiger partial charge in [0.1, 0.15) is 17.4 Å². The summed E-state index contributed by atoms with van der Waals surface area (Å²) >= 11 is 5.97. The van der Waals surface area contributed by atoms with Crippen LogP contribution in [0.2, 0.25) is 5.02 Å². The van der Waals surface area contributed by atoms with Crippen LogP contribution in [0.3, 0.4) is 0 Å². The predicted octanol–water partition coefficient (Wildman–Crippen LogP) is 3.94. The summed E-state index contributed by atoms with van der Waals surface area (Å²) in [5.74, 6) is -0.00577. The normalized spacial score (nSPS) is 10.3. The van der Waals surface area contributed by atoms with Crippen molar-refractivity contribution < 1.29 is 5.11 Å². The Morgan fingerprint density at radius 1 is 1.04 bits per heavy atom. The van der Waals surface area contributed by atoms with E-state index >= 15 is 0 Å². The molecule has 2 aromatic carbocycles. The number of pyridine rings is 1. The van der Waals surface area contributed by atoms with Crippen molar-refractivity contribution in [2.45, 2.75) is 0 Å². The maximum absolute atomic E-state index is 12.2. The quantitative estimate of drug-likeness (QED) is 0.750. The zero-order chi connectivity index (χ0) is 16.4. The Balaban J connectivity index is 2.30. The average Bonchev–Trinajstić information content (AvgIpc) is 2.57. The molecule has 0 atom stereocenters. The molecule has 1 heterocycles. The second-order valence-electron chi connectivity index (χ2n) is 4.94. The summed E-state index contributed by atoms with van der Waals surface area (Å²) in [5, 5.41) is 19.7. The maximum Gasteiger partial charge on any atom is 0.266 e. The van der Waals surface area contributed by atoms with Gasteiger partial charge in [0.05, 0.1) is 5.69 Å². The van der Waals surface area contributed by atoms with Crippen molar-refractivity contribution in [2.75, 3.05) is 0 Å². The lowest BCUT2D eigenvalue weighted by Gasteiger charge is -2.09. The maximum atomic E-state index is 12.2. The molecule has 112 valence electrons. The number of nitrogens with one attached hydrogen (secondary N) is 1. The summed E-state index contributed by atoms with van der Waals surface area (Å²) in [5.41, 5.74) is 1.57. The number of halogens is 1. The second-order valence-corrected chi connectivity index (χ2v) is 5.38. The third-order valence-corrected chi connectivity index (χ3v) is 3.71. The van der Waals surface area contributed by atoms with Gasteiger partial charge >= 0.3 is 0 Å². The van der Waals surface area contributed by atoms with Crippen LogP contribution in [0.5, 0.6) is 5.75 Å². The highest BCUT2D eigenvalue weighted by Crippen LogP contribution is 2.32. The molecule has 0 bridgehead atoms. The number of aromatic amines is 1. The second kappa shape index (κ2) is 5.99. The first-order chi connectivity index (χ1) is 11.1. The van der Waals surface area contributed by atoms with E-state index in [1.54, 1.807) is 18.2 Å². The predicted molar refractivity (Wildman–Crippen MR) is 89.3 cm³/mol. The van der Waals surface area contributed by atoms with Crippen LogP contribution in [0.1, 0.15) is 5.56 Å². The number of rotatable bonds is 2. The van der Waals surface area contributed by atoms with E-state index in [4.69, 9.17) is 11.6 Å². The molecule has 0 fully saturated rings. The van der Waals surface area contributed by atoms with E-state index in [1.807, 2.05) is 36.4 Å². The highest BCUT2D eigenvalue weighted by molar-refractivity contribution is 6.30. The Bertz CT molecular complexity index is 973. The van der Waals surface area contributed by atoms with Crippen LogP contribution in [-0.4, -0.2) is 10.1 Å². The minimum atomic E-state index is -0.511. The van der Waals surface area contributed by atoms with Gasteiger partial charge in [-0.1, -0.05) is 41.9 Å². The van der Waals surface area contributed by atoms with Gasteiger partial charge in [-0.25, -0.2) is 0 Å². The molecule has 0 amide bonds. The Morgan fingerprint density at radius 2 is 1.78 bits per heavy atom. The molecule has 0 spiro atoms. The Morgan fingerprint density at radius 3 is 2.48 bits per heavy atom. The summed E-state index contributed by atoms with van der Waals surface area (Å²) in [6.07, 6.45) is 0. The number of aromatic nitrogens is 1. The largest absolute Gasteiger partial charge is 0.507 e. The summed E-state index contributed by atoms with van der Waals surface area (Å²) in [7, 11) is 0. The molecule has 4 nitrogen and oxygen atoms in total. The number of aromatic hydroxyl groups is 1. The van der Waals surface area contributed by atoms with Crippen LogP contribution in [0.25, 0.3) is 22.4 Å². The fraction of sp³-hybridized carbons (Fsp3) is 0. The zero-order valence-corrected chi connectivity index (χ0v) is 12.6. The minimum absolute atomic E-state index is 0.00577. The molecule has 0 saturated heterocycles. The SMILES string of the molecule is N#Cc1c(-c2ccccc2)cc(-c2cc(Cl)ccc2O)[nH]c1=O. The van der Waals surface area contributed by atoms with Crippen molar-refractivity contribution >= 4 is 11.6 Å². The molecule has 3 aromatic rings. The number of nitrogens with zero attached hydrogens (tertiary/aromatic N) is 1. The fourth-order valence-electron chi connectivity index (χ4n) is 2.39. The molecule has 5 heteroatoms. The van der Waals surface area contributed by atoms with Gasteiger partial charge in [0.25, 0.3) is 5.56 Å². The number of hydrogen-bond acceptors (Lipinski definition) is 3. The van der Waals surface area contributed by atoms with Gasteiger partial charge in [0, 0.05) is 16.1 Å². The molecule has 0 saturated carbocycles. The lowest BCUT2D eigenvalue weighted by molar-refractivity contribution is 0.477. The van der Waals surface area contributed by atoms with Crippen molar-refractivity contribution in [1.29, 1.82) is 5.26 Å². The van der Waals surface area contributed by atoms with E-state index < -0.39 is 5.56 Å². The fourth-order valence-corrected chi connectivity index (χ4v) is 2.56. The van der Waals surface area contributed by atoms with Crippen molar-refractivity contribution in [2.24, 2.45) is 0 Å². The van der Waals surface area contributed by atoms with Crippen LogP contribution in [-0.2, 0) is 0 Å². The summed E-state index contributed by atoms with van der Waals surface area (Å²) in [4.78, 5) is 14.9. The number of hydrogen-bond donors (Lipinski definition) is 2. The highest BCUT2D eigenvalue weighted by Gasteiger charge is 2.14. The summed E-state index contributed by atoms with van der Waals surface area (Å²) < 4.78 is 0. The molecule has 0 aliphatic rings. The minimum Gasteiger partial charge on any atom is -0.507 e. The average molecular weight is 323 g/mol. The van der Waals surface area contributed by atoms with Crippen LogP contribution < -0.4 is 5.56 Å². The van der Waals surface area contributed by atoms with Gasteiger partial charge in [-0.05, 0) is 29.8 Å². The molecule has 0 aliphatic carbocycles. The summed E-state index contributed by atoms with van der Waals surface area (Å²) in [6, 6.07) is 17.3. The third kappa shape index (κ3) is 2.83. The topological polar surface area (TPSA) is 76.9 Å². The first-order valence-electron chi connectivity index (χ1n) is 6.82. The molecule has 0 aliphatic heterocycles. The van der Waals surface area contributed by atoms with Gasteiger partial charge in [0.15, 0.2) is 0 Å². The number of phenolic OH excluding ortho intramolecular Hbond substituents is 1. The Kier molecular flexibility index (Phi) is 3.88. The molecule has 1 aromatic heterocycles. The van der Waals surface area contributed by atoms with E-state index in [0.717, 1.165) is 5.56 Å². The first-order valence-corrected chi connectivity index (χ1v) is 7.19. The van der Waals surface area contributed by atoms with Gasteiger partial charge < -0.3 is 10.1 Å². The Hall–Kier alpha value is -3.03. The zero-order valence-electron chi connectivity index (χ0n) is 11.9. The summed E-state index contributed by atoms with van der Waals surface area (Å²) in [6.45, 7) is 0. The molecule has 2 N–H and O–H groups in total. The highest BCUT2D eigenvalue weighted by atomic mass is 35.5. The van der Waals surface area contributed by atoms with E-state index in [9.17, 15) is 15.2 Å². The van der Waals surface area contributed by atoms with E-state index in [2.05, 4.69) is 4.98 Å². The molecular weight excluding hydrogens is 312 g/mol. The lowest BCUT2D eigenvalue weighted by Crippen LogP contribution is -2.12. The van der Waals surface area contributed by atoms with Crippen molar-refractivity contribution in [3.05, 3.63) is 75.5 Å². The third-order valence-electron chi connectivity index (χ3n) is 3.48. The van der Waals surface area contributed by atoms with E-state index in [1.165, 1.54) is 6.07 Å².